The maximum Gasteiger partial charge on any atom is 0.416 e. The van der Waals surface area contributed by atoms with Gasteiger partial charge in [0.1, 0.15) is 0 Å². The fraction of sp³-hybridized carbons (Fsp3) is 0.529. The first-order valence-electron chi connectivity index (χ1n) is 8.18. The summed E-state index contributed by atoms with van der Waals surface area (Å²) in [6.45, 7) is 3.41. The molecule has 1 aliphatic heterocycles. The molecule has 1 atom stereocenters. The largest absolute Gasteiger partial charge is 0.416 e. The third-order valence-corrected chi connectivity index (χ3v) is 4.19. The normalized spacial score (nSPS) is 16.0. The molecule has 2 N–H and O–H groups in total. The van der Waals surface area contributed by atoms with E-state index in [2.05, 4.69) is 0 Å². The van der Waals surface area contributed by atoms with Crippen molar-refractivity contribution in [3.8, 4) is 0 Å². The second-order valence-corrected chi connectivity index (χ2v) is 6.26. The maximum absolute atomic E-state index is 12.6. The van der Waals surface area contributed by atoms with Gasteiger partial charge in [0, 0.05) is 44.2 Å². The molecule has 146 valence electrons. The first kappa shape index (κ1) is 22.2. The number of nitrogens with two attached hydrogens (primary N) is 1. The van der Waals surface area contributed by atoms with Crippen molar-refractivity contribution in [1.29, 1.82) is 0 Å². The quantitative estimate of drug-likeness (QED) is 0.854. The summed E-state index contributed by atoms with van der Waals surface area (Å²) < 4.78 is 37.7. The molecule has 26 heavy (non-hydrogen) atoms. The van der Waals surface area contributed by atoms with E-state index in [9.17, 15) is 22.8 Å². The highest BCUT2D eigenvalue weighted by Gasteiger charge is 2.31. The van der Waals surface area contributed by atoms with Crippen molar-refractivity contribution in [2.75, 3.05) is 26.2 Å². The number of hydrogen-bond donors (Lipinski definition) is 1. The average molecular weight is 394 g/mol. The standard InChI is InChI=1S/C17H22F3N3O2.ClH/c1-12(21)2-7-15(24)22-8-10-23(11-9-22)16(25)13-3-5-14(6-4-13)17(18,19)20;/h3-6,12H,2,7-11,21H2,1H3;1H. The second kappa shape index (κ2) is 9.23. The lowest BCUT2D eigenvalue weighted by atomic mass is 10.1. The van der Waals surface area contributed by atoms with Crippen LogP contribution in [0.25, 0.3) is 0 Å². The van der Waals surface area contributed by atoms with Crippen molar-refractivity contribution in [1.82, 2.24) is 9.80 Å². The number of hydrogen-bond acceptors (Lipinski definition) is 3. The van der Waals surface area contributed by atoms with Crippen LogP contribution in [0.1, 0.15) is 35.7 Å². The van der Waals surface area contributed by atoms with Crippen LogP contribution in [0.2, 0.25) is 0 Å². The SMILES string of the molecule is CC(N)CCC(=O)N1CCN(C(=O)c2ccc(C(F)(F)F)cc2)CC1.Cl. The lowest BCUT2D eigenvalue weighted by Crippen LogP contribution is -2.50. The Morgan fingerprint density at radius 2 is 1.58 bits per heavy atom. The second-order valence-electron chi connectivity index (χ2n) is 6.26. The van der Waals surface area contributed by atoms with Crippen LogP contribution < -0.4 is 5.73 Å². The lowest BCUT2D eigenvalue weighted by Gasteiger charge is -2.35. The van der Waals surface area contributed by atoms with Crippen LogP contribution in [0.3, 0.4) is 0 Å². The average Bonchev–Trinajstić information content (AvgIpc) is 2.58. The summed E-state index contributed by atoms with van der Waals surface area (Å²) in [5.74, 6) is -0.310. The molecule has 2 amide bonds. The van der Waals surface area contributed by atoms with Gasteiger partial charge in [-0.3, -0.25) is 9.59 Å². The number of amides is 2. The predicted octanol–water partition coefficient (Wildman–Crippen LogP) is 2.54. The minimum absolute atomic E-state index is 0. The van der Waals surface area contributed by atoms with E-state index in [0.717, 1.165) is 12.1 Å². The third kappa shape index (κ3) is 5.88. The number of alkyl halides is 3. The molecule has 1 saturated heterocycles. The zero-order valence-electron chi connectivity index (χ0n) is 14.5. The van der Waals surface area contributed by atoms with Gasteiger partial charge < -0.3 is 15.5 Å². The first-order chi connectivity index (χ1) is 11.7. The van der Waals surface area contributed by atoms with Crippen molar-refractivity contribution >= 4 is 24.2 Å². The van der Waals surface area contributed by atoms with Crippen molar-refractivity contribution in [2.45, 2.75) is 32.0 Å². The van der Waals surface area contributed by atoms with Gasteiger partial charge in [0.25, 0.3) is 5.91 Å². The Morgan fingerprint density at radius 3 is 2.04 bits per heavy atom. The maximum atomic E-state index is 12.6. The summed E-state index contributed by atoms with van der Waals surface area (Å²) in [6.07, 6.45) is -3.43. The molecular weight excluding hydrogens is 371 g/mol. The molecule has 1 aromatic carbocycles. The summed E-state index contributed by atoms with van der Waals surface area (Å²) in [6, 6.07) is 4.14. The highest BCUT2D eigenvalue weighted by atomic mass is 35.5. The fourth-order valence-electron chi connectivity index (χ4n) is 2.65. The van der Waals surface area contributed by atoms with Crippen molar-refractivity contribution in [2.24, 2.45) is 5.73 Å². The molecule has 0 aliphatic carbocycles. The van der Waals surface area contributed by atoms with Gasteiger partial charge in [-0.25, -0.2) is 0 Å². The molecule has 0 aromatic heterocycles. The number of carbonyl (C=O) groups excluding carboxylic acids is 2. The topological polar surface area (TPSA) is 66.6 Å². The highest BCUT2D eigenvalue weighted by Crippen LogP contribution is 2.29. The summed E-state index contributed by atoms with van der Waals surface area (Å²) in [5, 5.41) is 0. The number of nitrogens with zero attached hydrogens (tertiary/aromatic N) is 2. The summed E-state index contributed by atoms with van der Waals surface area (Å²) in [7, 11) is 0. The number of rotatable bonds is 4. The number of benzene rings is 1. The predicted molar refractivity (Wildman–Crippen MR) is 94.1 cm³/mol. The van der Waals surface area contributed by atoms with Gasteiger partial charge in [0.15, 0.2) is 0 Å². The van der Waals surface area contributed by atoms with E-state index in [-0.39, 0.29) is 35.8 Å². The molecule has 5 nitrogen and oxygen atoms in total. The molecular formula is C17H23ClF3N3O2. The van der Waals surface area contributed by atoms with Gasteiger partial charge in [-0.2, -0.15) is 13.2 Å². The summed E-state index contributed by atoms with van der Waals surface area (Å²) >= 11 is 0. The van der Waals surface area contributed by atoms with Crippen molar-refractivity contribution in [3.63, 3.8) is 0 Å². The van der Waals surface area contributed by atoms with Crippen LogP contribution >= 0.6 is 12.4 Å². The minimum atomic E-state index is -4.42. The Labute approximate surface area is 156 Å². The molecule has 9 heteroatoms. The minimum Gasteiger partial charge on any atom is -0.339 e. The van der Waals surface area contributed by atoms with Crippen molar-refractivity contribution in [3.05, 3.63) is 35.4 Å². The Morgan fingerprint density at radius 1 is 1.08 bits per heavy atom. The molecule has 2 rings (SSSR count). The fourth-order valence-corrected chi connectivity index (χ4v) is 2.65. The molecule has 1 heterocycles. The smallest absolute Gasteiger partial charge is 0.339 e. The van der Waals surface area contributed by atoms with Gasteiger partial charge >= 0.3 is 6.18 Å². The van der Waals surface area contributed by atoms with Gasteiger partial charge in [-0.15, -0.1) is 12.4 Å². The van der Waals surface area contributed by atoms with E-state index in [0.29, 0.717) is 39.0 Å². The number of piperazine rings is 1. The summed E-state index contributed by atoms with van der Waals surface area (Å²) in [5.41, 5.74) is 5.07. The number of carbonyl (C=O) groups is 2. The zero-order valence-corrected chi connectivity index (χ0v) is 15.3. The van der Waals surface area contributed by atoms with Gasteiger partial charge in [-0.1, -0.05) is 0 Å². The van der Waals surface area contributed by atoms with Crippen LogP contribution in [-0.4, -0.2) is 53.8 Å². The van der Waals surface area contributed by atoms with E-state index < -0.39 is 11.7 Å². The third-order valence-electron chi connectivity index (χ3n) is 4.19. The van der Waals surface area contributed by atoms with Crippen LogP contribution in [0.15, 0.2) is 24.3 Å². The first-order valence-corrected chi connectivity index (χ1v) is 8.18. The Hall–Kier alpha value is -1.80. The molecule has 1 fully saturated rings. The molecule has 1 aromatic rings. The van der Waals surface area contributed by atoms with Gasteiger partial charge in [0.05, 0.1) is 5.56 Å². The molecule has 0 spiro atoms. The van der Waals surface area contributed by atoms with Gasteiger partial charge in [-0.05, 0) is 37.6 Å². The zero-order chi connectivity index (χ0) is 18.6. The van der Waals surface area contributed by atoms with E-state index >= 15 is 0 Å². The highest BCUT2D eigenvalue weighted by molar-refractivity contribution is 5.94. The van der Waals surface area contributed by atoms with Crippen LogP contribution in [0.5, 0.6) is 0 Å². The molecule has 1 unspecified atom stereocenters. The Bertz CT molecular complexity index is 613. The van der Waals surface area contributed by atoms with Crippen LogP contribution in [0, 0.1) is 0 Å². The van der Waals surface area contributed by atoms with E-state index in [1.807, 2.05) is 6.92 Å². The molecule has 1 aliphatic rings. The number of halogens is 4. The molecule has 0 radical (unpaired) electrons. The van der Waals surface area contributed by atoms with Crippen LogP contribution in [-0.2, 0) is 11.0 Å². The van der Waals surface area contributed by atoms with E-state index in [4.69, 9.17) is 5.73 Å². The van der Waals surface area contributed by atoms with E-state index in [1.54, 1.807) is 9.80 Å². The molecule has 0 saturated carbocycles. The molecule has 0 bridgehead atoms. The Balaban J connectivity index is 0.00000338. The Kier molecular flexibility index (Phi) is 7.89. The van der Waals surface area contributed by atoms with Crippen LogP contribution in [0.4, 0.5) is 13.2 Å². The van der Waals surface area contributed by atoms with E-state index in [1.165, 1.54) is 12.1 Å². The van der Waals surface area contributed by atoms with Crippen molar-refractivity contribution < 1.29 is 22.8 Å². The van der Waals surface area contributed by atoms with Gasteiger partial charge in [0.2, 0.25) is 5.91 Å². The monoisotopic (exact) mass is 393 g/mol. The lowest BCUT2D eigenvalue weighted by molar-refractivity contribution is -0.137. The summed E-state index contributed by atoms with van der Waals surface area (Å²) in [4.78, 5) is 27.7.